The van der Waals surface area contributed by atoms with Gasteiger partial charge in [0.15, 0.2) is 11.5 Å². The summed E-state index contributed by atoms with van der Waals surface area (Å²) in [7, 11) is 1.61. The molecular formula is C20H20INO4S. The average Bonchev–Trinajstić information content (AvgIpc) is 2.90. The zero-order valence-corrected chi connectivity index (χ0v) is 18.1. The van der Waals surface area contributed by atoms with E-state index in [4.69, 9.17) is 9.47 Å². The van der Waals surface area contributed by atoms with Crippen molar-refractivity contribution in [1.82, 2.24) is 4.90 Å². The Balaban J connectivity index is 1.76. The Morgan fingerprint density at radius 3 is 2.56 bits per heavy atom. The van der Waals surface area contributed by atoms with E-state index in [0.717, 1.165) is 26.5 Å². The van der Waals surface area contributed by atoms with Gasteiger partial charge in [0.05, 0.1) is 29.1 Å². The Hall–Kier alpha value is -1.74. The van der Waals surface area contributed by atoms with Crippen molar-refractivity contribution in [2.24, 2.45) is 0 Å². The number of benzene rings is 2. The summed E-state index contributed by atoms with van der Waals surface area (Å²) in [5.41, 5.74) is 1.89. The third-order valence-electron chi connectivity index (χ3n) is 4.18. The van der Waals surface area contributed by atoms with Crippen LogP contribution in [0.15, 0.2) is 42.5 Å². The summed E-state index contributed by atoms with van der Waals surface area (Å²) in [5.74, 6) is 1.20. The summed E-state index contributed by atoms with van der Waals surface area (Å²) in [6, 6.07) is 13.4. The quantitative estimate of drug-likeness (QED) is 0.528. The van der Waals surface area contributed by atoms with Gasteiger partial charge < -0.3 is 9.47 Å². The largest absolute Gasteiger partial charge is 0.492 e. The maximum Gasteiger partial charge on any atom is 0.289 e. The Morgan fingerprint density at radius 2 is 1.89 bits per heavy atom. The highest BCUT2D eigenvalue weighted by Gasteiger charge is 2.39. The molecule has 0 aliphatic carbocycles. The summed E-state index contributed by atoms with van der Waals surface area (Å²) >= 11 is 3.29. The maximum absolute atomic E-state index is 12.8. The van der Waals surface area contributed by atoms with E-state index < -0.39 is 5.25 Å². The van der Waals surface area contributed by atoms with Crippen molar-refractivity contribution in [3.05, 3.63) is 57.2 Å². The number of carbonyl (C=O) groups excluding carboxylic acids is 2. The number of halogens is 1. The van der Waals surface area contributed by atoms with Gasteiger partial charge in [-0.2, -0.15) is 0 Å². The number of imide groups is 1. The van der Waals surface area contributed by atoms with E-state index in [1.54, 1.807) is 7.11 Å². The van der Waals surface area contributed by atoms with E-state index in [1.807, 2.05) is 49.4 Å². The molecule has 0 radical (unpaired) electrons. The number of hydrogen-bond acceptors (Lipinski definition) is 5. The number of amides is 2. The molecule has 1 aliphatic rings. The molecule has 0 N–H and O–H groups in total. The van der Waals surface area contributed by atoms with Gasteiger partial charge in [-0.25, -0.2) is 0 Å². The smallest absolute Gasteiger partial charge is 0.289 e. The van der Waals surface area contributed by atoms with Crippen LogP contribution in [0.5, 0.6) is 11.5 Å². The Morgan fingerprint density at radius 1 is 1.15 bits per heavy atom. The van der Waals surface area contributed by atoms with Crippen LogP contribution < -0.4 is 9.47 Å². The van der Waals surface area contributed by atoms with Crippen molar-refractivity contribution in [2.75, 3.05) is 13.7 Å². The molecule has 5 nitrogen and oxygen atoms in total. The maximum atomic E-state index is 12.8. The minimum atomic E-state index is -0.417. The number of thioether (sulfide) groups is 1. The van der Waals surface area contributed by atoms with Crippen molar-refractivity contribution in [3.63, 3.8) is 0 Å². The van der Waals surface area contributed by atoms with Crippen LogP contribution in [0.4, 0.5) is 4.79 Å². The average molecular weight is 497 g/mol. The number of carbonyl (C=O) groups is 2. The van der Waals surface area contributed by atoms with Gasteiger partial charge >= 0.3 is 0 Å². The number of hydrogen-bond donors (Lipinski definition) is 0. The molecule has 3 rings (SSSR count). The summed E-state index contributed by atoms with van der Waals surface area (Å²) in [4.78, 5) is 26.5. The van der Waals surface area contributed by atoms with Crippen molar-refractivity contribution in [2.45, 2.75) is 25.1 Å². The summed E-state index contributed by atoms with van der Waals surface area (Å²) in [6.07, 6.45) is 0.473. The first-order chi connectivity index (χ1) is 13.0. The van der Waals surface area contributed by atoms with Crippen LogP contribution in [-0.4, -0.2) is 35.0 Å². The first-order valence-electron chi connectivity index (χ1n) is 8.58. The van der Waals surface area contributed by atoms with Crippen LogP contribution in [0, 0.1) is 3.57 Å². The monoisotopic (exact) mass is 497 g/mol. The van der Waals surface area contributed by atoms with Crippen LogP contribution in [0.3, 0.4) is 0 Å². The second-order valence-corrected chi connectivity index (χ2v) is 8.34. The minimum Gasteiger partial charge on any atom is -0.492 e. The molecule has 1 heterocycles. The highest BCUT2D eigenvalue weighted by molar-refractivity contribution is 14.1. The van der Waals surface area contributed by atoms with Gasteiger partial charge in [-0.05, 0) is 59.2 Å². The van der Waals surface area contributed by atoms with Crippen LogP contribution in [0.1, 0.15) is 18.1 Å². The SMILES string of the molecule is CCOc1cc(C[C@@H]2SC(=O)N(Cc3ccccc3)C2=O)cc(I)c1OC. The van der Waals surface area contributed by atoms with Gasteiger partial charge in [0.1, 0.15) is 0 Å². The zero-order chi connectivity index (χ0) is 19.4. The molecule has 1 atom stereocenters. The molecular weight excluding hydrogens is 477 g/mol. The third-order valence-corrected chi connectivity index (χ3v) is 6.06. The van der Waals surface area contributed by atoms with Crippen molar-refractivity contribution in [1.29, 1.82) is 0 Å². The van der Waals surface area contributed by atoms with Crippen LogP contribution >= 0.6 is 34.4 Å². The first kappa shape index (κ1) is 20.0. The molecule has 0 spiro atoms. The first-order valence-corrected chi connectivity index (χ1v) is 10.5. The van der Waals surface area contributed by atoms with Crippen LogP contribution in [0.2, 0.25) is 0 Å². The van der Waals surface area contributed by atoms with E-state index in [0.29, 0.717) is 31.1 Å². The standard InChI is InChI=1S/C20H20INO4S/c1-3-26-16-10-14(9-15(21)18(16)25-2)11-17-19(23)22(20(24)27-17)12-13-7-5-4-6-8-13/h4-10,17H,3,11-12H2,1-2H3/t17-/m0/s1. The number of ether oxygens (including phenoxy) is 2. The Bertz CT molecular complexity index is 843. The van der Waals surface area contributed by atoms with Crippen LogP contribution in [0.25, 0.3) is 0 Å². The van der Waals surface area contributed by atoms with Gasteiger partial charge in [0.25, 0.3) is 5.24 Å². The highest BCUT2D eigenvalue weighted by Crippen LogP contribution is 2.36. The lowest BCUT2D eigenvalue weighted by atomic mass is 10.1. The number of nitrogens with zero attached hydrogens (tertiary/aromatic N) is 1. The van der Waals surface area contributed by atoms with Gasteiger partial charge in [-0.3, -0.25) is 14.5 Å². The zero-order valence-electron chi connectivity index (χ0n) is 15.1. The fraction of sp³-hybridized carbons (Fsp3) is 0.300. The van der Waals surface area contributed by atoms with Crippen molar-refractivity contribution < 1.29 is 19.1 Å². The molecule has 27 heavy (non-hydrogen) atoms. The highest BCUT2D eigenvalue weighted by atomic mass is 127. The molecule has 142 valence electrons. The molecule has 7 heteroatoms. The molecule has 1 aliphatic heterocycles. The second kappa shape index (κ2) is 8.97. The summed E-state index contributed by atoms with van der Waals surface area (Å²) in [6.45, 7) is 2.75. The Labute approximate surface area is 176 Å². The fourth-order valence-electron chi connectivity index (χ4n) is 2.95. The third kappa shape index (κ3) is 4.57. The van der Waals surface area contributed by atoms with Crippen LogP contribution in [-0.2, 0) is 17.8 Å². The van der Waals surface area contributed by atoms with E-state index in [-0.39, 0.29) is 11.1 Å². The minimum absolute atomic E-state index is 0.141. The molecule has 0 saturated carbocycles. The molecule has 2 aromatic rings. The number of rotatable bonds is 7. The molecule has 0 bridgehead atoms. The van der Waals surface area contributed by atoms with E-state index in [2.05, 4.69) is 22.6 Å². The predicted octanol–water partition coefficient (Wildman–Crippen LogP) is 4.51. The lowest BCUT2D eigenvalue weighted by Gasteiger charge is -2.15. The molecule has 0 aromatic heterocycles. The lowest BCUT2D eigenvalue weighted by Crippen LogP contribution is -2.31. The molecule has 2 amide bonds. The summed E-state index contributed by atoms with van der Waals surface area (Å²) in [5, 5.41) is -0.609. The lowest BCUT2D eigenvalue weighted by molar-refractivity contribution is -0.127. The molecule has 1 saturated heterocycles. The van der Waals surface area contributed by atoms with E-state index >= 15 is 0 Å². The van der Waals surface area contributed by atoms with Gasteiger partial charge in [-0.15, -0.1) is 0 Å². The Kier molecular flexibility index (Phi) is 6.64. The normalized spacial score (nSPS) is 16.7. The van der Waals surface area contributed by atoms with Gasteiger partial charge in [0, 0.05) is 0 Å². The number of methoxy groups -OCH3 is 1. The molecule has 1 fully saturated rings. The topological polar surface area (TPSA) is 55.8 Å². The fourth-order valence-corrected chi connectivity index (χ4v) is 4.87. The van der Waals surface area contributed by atoms with E-state index in [1.165, 1.54) is 4.90 Å². The van der Waals surface area contributed by atoms with Gasteiger partial charge in [-0.1, -0.05) is 42.1 Å². The van der Waals surface area contributed by atoms with Crippen molar-refractivity contribution in [3.8, 4) is 11.5 Å². The predicted molar refractivity (Wildman–Crippen MR) is 114 cm³/mol. The summed E-state index contributed by atoms with van der Waals surface area (Å²) < 4.78 is 12.0. The molecule has 0 unspecified atom stereocenters. The van der Waals surface area contributed by atoms with Crippen molar-refractivity contribution >= 4 is 45.5 Å². The van der Waals surface area contributed by atoms with Gasteiger partial charge in [0.2, 0.25) is 5.91 Å². The molecule has 2 aromatic carbocycles. The second-order valence-electron chi connectivity index (χ2n) is 6.03. The van der Waals surface area contributed by atoms with E-state index in [9.17, 15) is 9.59 Å².